The molecule has 1 heterocycles. The molecule has 0 atom stereocenters. The first-order valence-electron chi connectivity index (χ1n) is 9.04. The summed E-state index contributed by atoms with van der Waals surface area (Å²) in [5.41, 5.74) is 1.26. The Hall–Kier alpha value is -2.16. The lowest BCUT2D eigenvalue weighted by Crippen LogP contribution is -2.52. The summed E-state index contributed by atoms with van der Waals surface area (Å²) >= 11 is 11.8. The molecule has 1 amide bonds. The lowest BCUT2D eigenvalue weighted by atomic mass is 9.98. The van der Waals surface area contributed by atoms with Gasteiger partial charge in [-0.3, -0.25) is 9.69 Å². The van der Waals surface area contributed by atoms with Crippen molar-refractivity contribution < 1.29 is 27.4 Å². The van der Waals surface area contributed by atoms with Crippen LogP contribution in [0.3, 0.4) is 0 Å². The van der Waals surface area contributed by atoms with E-state index in [1.54, 1.807) is 31.3 Å². The Bertz CT molecular complexity index is 919. The molecule has 2 aromatic carbocycles. The minimum absolute atomic E-state index is 0.00954. The molecule has 5 nitrogen and oxygen atoms in total. The molecule has 1 aliphatic rings. The van der Waals surface area contributed by atoms with Crippen LogP contribution in [0.4, 0.5) is 13.2 Å². The normalized spacial score (nSPS) is 14.9. The van der Waals surface area contributed by atoms with Crippen LogP contribution in [-0.2, 0) is 17.9 Å². The predicted molar refractivity (Wildman–Crippen MR) is 107 cm³/mol. The van der Waals surface area contributed by atoms with Gasteiger partial charge in [0, 0.05) is 26.7 Å². The third kappa shape index (κ3) is 5.93. The third-order valence-electron chi connectivity index (χ3n) is 4.59. The van der Waals surface area contributed by atoms with Crippen LogP contribution in [0.25, 0.3) is 0 Å². The number of likely N-dealkylation sites (tertiary alicyclic amines) is 1. The lowest BCUT2D eigenvalue weighted by Gasteiger charge is -2.38. The number of carbonyl (C=O) groups excluding carboxylic acids is 1. The molecule has 0 aliphatic carbocycles. The summed E-state index contributed by atoms with van der Waals surface area (Å²) < 4.78 is 48.3. The second kappa shape index (κ2) is 9.32. The molecule has 2 aromatic rings. The van der Waals surface area contributed by atoms with Crippen molar-refractivity contribution in [1.82, 2.24) is 10.2 Å². The first-order chi connectivity index (χ1) is 14.1. The van der Waals surface area contributed by atoms with Crippen molar-refractivity contribution in [3.63, 3.8) is 0 Å². The topological polar surface area (TPSA) is 50.8 Å². The van der Waals surface area contributed by atoms with E-state index in [0.29, 0.717) is 40.8 Å². The number of hydrogen-bond acceptors (Lipinski definition) is 4. The van der Waals surface area contributed by atoms with Crippen LogP contribution < -0.4 is 14.8 Å². The number of ether oxygens (including phenoxy) is 2. The van der Waals surface area contributed by atoms with Crippen molar-refractivity contribution in [2.75, 3.05) is 20.1 Å². The molecule has 0 saturated carbocycles. The van der Waals surface area contributed by atoms with Crippen molar-refractivity contribution in [3.05, 3.63) is 57.6 Å². The highest BCUT2D eigenvalue weighted by atomic mass is 35.5. The summed E-state index contributed by atoms with van der Waals surface area (Å²) in [7, 11) is 1.57. The van der Waals surface area contributed by atoms with Gasteiger partial charge >= 0.3 is 6.36 Å². The molecule has 0 bridgehead atoms. The summed E-state index contributed by atoms with van der Waals surface area (Å²) in [6.45, 7) is 1.48. The van der Waals surface area contributed by atoms with Gasteiger partial charge in [0.25, 0.3) is 0 Å². The van der Waals surface area contributed by atoms with E-state index in [1.165, 1.54) is 12.1 Å². The van der Waals surface area contributed by atoms with E-state index in [9.17, 15) is 18.0 Å². The molecule has 0 aromatic heterocycles. The first-order valence-corrected chi connectivity index (χ1v) is 9.79. The van der Waals surface area contributed by atoms with Crippen LogP contribution >= 0.6 is 23.2 Å². The van der Waals surface area contributed by atoms with Gasteiger partial charge in [0.15, 0.2) is 11.5 Å². The van der Waals surface area contributed by atoms with E-state index >= 15 is 0 Å². The van der Waals surface area contributed by atoms with Gasteiger partial charge in [0.05, 0.1) is 16.0 Å². The Labute approximate surface area is 181 Å². The number of carbonyl (C=O) groups is 1. The smallest absolute Gasteiger partial charge is 0.485 e. The van der Waals surface area contributed by atoms with Crippen LogP contribution in [0, 0.1) is 5.92 Å². The van der Waals surface area contributed by atoms with Crippen molar-refractivity contribution in [1.29, 1.82) is 0 Å². The zero-order chi connectivity index (χ0) is 21.9. The van der Waals surface area contributed by atoms with Gasteiger partial charge in [-0.1, -0.05) is 35.3 Å². The molecule has 10 heteroatoms. The molecule has 30 heavy (non-hydrogen) atoms. The fraction of sp³-hybridized carbons (Fsp3) is 0.350. The van der Waals surface area contributed by atoms with E-state index in [1.807, 2.05) is 4.90 Å². The molecule has 1 saturated heterocycles. The number of alkyl halides is 3. The SMILES string of the molecule is CNC(=O)C1CN(Cc2ccc(OCc3ccc(Cl)c(Cl)c3)c(OC(F)(F)F)c2)C1. The Morgan fingerprint density at radius 2 is 1.80 bits per heavy atom. The van der Waals surface area contributed by atoms with E-state index in [4.69, 9.17) is 27.9 Å². The number of hydrogen-bond donors (Lipinski definition) is 1. The molecular formula is C20H19Cl2F3N2O3. The summed E-state index contributed by atoms with van der Waals surface area (Å²) in [5.74, 6) is -0.620. The van der Waals surface area contributed by atoms with Gasteiger partial charge in [-0.2, -0.15) is 0 Å². The Morgan fingerprint density at radius 3 is 2.43 bits per heavy atom. The van der Waals surface area contributed by atoms with Gasteiger partial charge < -0.3 is 14.8 Å². The van der Waals surface area contributed by atoms with Crippen LogP contribution in [0.2, 0.25) is 10.0 Å². The number of nitrogens with one attached hydrogen (secondary N) is 1. The standard InChI is InChI=1S/C20H19Cl2F3N2O3/c1-26-19(28)14-9-27(10-14)8-12-3-5-17(18(7-12)30-20(23,24)25)29-11-13-2-4-15(21)16(22)6-13/h2-7,14H,8-11H2,1H3,(H,26,28). The van der Waals surface area contributed by atoms with Gasteiger partial charge in [0.2, 0.25) is 5.91 Å². The number of benzene rings is 2. The summed E-state index contributed by atoms with van der Waals surface area (Å²) in [5, 5.41) is 3.28. The quantitative estimate of drug-likeness (QED) is 0.650. The highest BCUT2D eigenvalue weighted by Gasteiger charge is 2.34. The fourth-order valence-electron chi connectivity index (χ4n) is 3.09. The van der Waals surface area contributed by atoms with Crippen LogP contribution in [0.15, 0.2) is 36.4 Å². The highest BCUT2D eigenvalue weighted by Crippen LogP contribution is 2.35. The maximum Gasteiger partial charge on any atom is 0.573 e. The average molecular weight is 463 g/mol. The molecule has 162 valence electrons. The van der Waals surface area contributed by atoms with Crippen molar-refractivity contribution in [2.24, 2.45) is 5.92 Å². The lowest BCUT2D eigenvalue weighted by molar-refractivity contribution is -0.275. The maximum atomic E-state index is 12.9. The molecule has 0 unspecified atom stereocenters. The third-order valence-corrected chi connectivity index (χ3v) is 5.33. The minimum Gasteiger partial charge on any atom is -0.485 e. The molecule has 1 N–H and O–H groups in total. The second-order valence-electron chi connectivity index (χ2n) is 6.87. The minimum atomic E-state index is -4.86. The fourth-order valence-corrected chi connectivity index (χ4v) is 3.41. The van der Waals surface area contributed by atoms with Crippen LogP contribution in [0.5, 0.6) is 11.5 Å². The molecule has 1 fully saturated rings. The van der Waals surface area contributed by atoms with E-state index in [2.05, 4.69) is 10.1 Å². The summed E-state index contributed by atoms with van der Waals surface area (Å²) in [6, 6.07) is 9.22. The van der Waals surface area contributed by atoms with Crippen LogP contribution in [-0.4, -0.2) is 37.3 Å². The number of halogens is 5. The zero-order valence-corrected chi connectivity index (χ0v) is 17.4. The molecular weight excluding hydrogens is 444 g/mol. The number of amides is 1. The maximum absolute atomic E-state index is 12.9. The van der Waals surface area contributed by atoms with Gasteiger partial charge in [-0.25, -0.2) is 0 Å². The van der Waals surface area contributed by atoms with Crippen molar-refractivity contribution in [2.45, 2.75) is 19.5 Å². The van der Waals surface area contributed by atoms with Crippen molar-refractivity contribution >= 4 is 29.1 Å². The van der Waals surface area contributed by atoms with Gasteiger partial charge in [0.1, 0.15) is 6.61 Å². The molecule has 0 spiro atoms. The van der Waals surface area contributed by atoms with Crippen LogP contribution in [0.1, 0.15) is 11.1 Å². The Kier molecular flexibility index (Phi) is 7.00. The largest absolute Gasteiger partial charge is 0.573 e. The van der Waals surface area contributed by atoms with Gasteiger partial charge in [-0.15, -0.1) is 13.2 Å². The zero-order valence-electron chi connectivity index (χ0n) is 15.9. The molecule has 0 radical (unpaired) electrons. The predicted octanol–water partition coefficient (Wildman–Crippen LogP) is 4.65. The van der Waals surface area contributed by atoms with Gasteiger partial charge in [-0.05, 0) is 35.4 Å². The molecule has 1 aliphatic heterocycles. The monoisotopic (exact) mass is 462 g/mol. The Balaban J connectivity index is 1.69. The van der Waals surface area contributed by atoms with Crippen molar-refractivity contribution in [3.8, 4) is 11.5 Å². The number of nitrogens with zero attached hydrogens (tertiary/aromatic N) is 1. The summed E-state index contributed by atoms with van der Waals surface area (Å²) in [6.07, 6.45) is -4.86. The molecule has 3 rings (SSSR count). The highest BCUT2D eigenvalue weighted by molar-refractivity contribution is 6.42. The van der Waals surface area contributed by atoms with E-state index < -0.39 is 12.1 Å². The van der Waals surface area contributed by atoms with E-state index in [0.717, 1.165) is 0 Å². The second-order valence-corrected chi connectivity index (χ2v) is 7.69. The Morgan fingerprint density at radius 1 is 1.10 bits per heavy atom. The van der Waals surface area contributed by atoms with E-state index in [-0.39, 0.29) is 24.2 Å². The average Bonchev–Trinajstić information content (AvgIpc) is 2.64. The summed E-state index contributed by atoms with van der Waals surface area (Å²) in [4.78, 5) is 13.5. The first kappa shape index (κ1) is 22.5. The number of rotatable bonds is 7.